The maximum Gasteiger partial charge on any atom is 0.129 e. The van der Waals surface area contributed by atoms with Gasteiger partial charge >= 0.3 is 0 Å². The maximum atomic E-state index is 10.5. The van der Waals surface area contributed by atoms with Crippen LogP contribution >= 0.6 is 0 Å². The molecule has 0 amide bonds. The van der Waals surface area contributed by atoms with Crippen LogP contribution in [0.15, 0.2) is 53.7 Å². The molecule has 5 heteroatoms. The second kappa shape index (κ2) is 6.76. The van der Waals surface area contributed by atoms with Crippen molar-refractivity contribution in [2.24, 2.45) is 5.16 Å². The van der Waals surface area contributed by atoms with E-state index >= 15 is 0 Å². The third-order valence-corrected chi connectivity index (χ3v) is 3.18. The van der Waals surface area contributed by atoms with Gasteiger partial charge in [0.25, 0.3) is 0 Å². The first-order valence-corrected chi connectivity index (χ1v) is 6.39. The molecule has 0 aromatic heterocycles. The van der Waals surface area contributed by atoms with Crippen molar-refractivity contribution in [2.45, 2.75) is 6.10 Å². The van der Waals surface area contributed by atoms with Crippen molar-refractivity contribution >= 4 is 5.71 Å². The highest BCUT2D eigenvalue weighted by molar-refractivity contribution is 6.06. The van der Waals surface area contributed by atoms with Crippen LogP contribution in [0.4, 0.5) is 0 Å². The summed E-state index contributed by atoms with van der Waals surface area (Å²) in [5.41, 5.74) is 1.12. The van der Waals surface area contributed by atoms with E-state index in [-0.39, 0.29) is 5.71 Å². The fraction of sp³-hybridized carbons (Fsp3) is 0.188. The number of aliphatic hydroxyl groups excluding tert-OH is 1. The average Bonchev–Trinajstić information content (AvgIpc) is 2.55. The Labute approximate surface area is 123 Å². The van der Waals surface area contributed by atoms with E-state index in [0.717, 1.165) is 0 Å². The monoisotopic (exact) mass is 287 g/mol. The molecule has 1 unspecified atom stereocenters. The molecular formula is C16H17NO4. The first-order chi connectivity index (χ1) is 10.2. The third-order valence-electron chi connectivity index (χ3n) is 3.18. The molecule has 2 rings (SSSR count). The lowest BCUT2D eigenvalue weighted by Crippen LogP contribution is -2.15. The van der Waals surface area contributed by atoms with Gasteiger partial charge in [-0.25, -0.2) is 0 Å². The summed E-state index contributed by atoms with van der Waals surface area (Å²) >= 11 is 0. The van der Waals surface area contributed by atoms with E-state index in [2.05, 4.69) is 5.16 Å². The Hall–Kier alpha value is -2.53. The van der Waals surface area contributed by atoms with E-state index in [1.165, 1.54) is 14.2 Å². The molecule has 0 aliphatic carbocycles. The first kappa shape index (κ1) is 14.9. The molecule has 0 saturated carbocycles. The van der Waals surface area contributed by atoms with Gasteiger partial charge in [0, 0.05) is 11.1 Å². The predicted molar refractivity (Wildman–Crippen MR) is 79.3 cm³/mol. The Morgan fingerprint density at radius 2 is 1.52 bits per heavy atom. The Bertz CT molecular complexity index is 640. The minimum atomic E-state index is -1.14. The molecule has 0 fully saturated rings. The summed E-state index contributed by atoms with van der Waals surface area (Å²) < 4.78 is 10.5. The van der Waals surface area contributed by atoms with Crippen molar-refractivity contribution in [2.75, 3.05) is 14.2 Å². The quantitative estimate of drug-likeness (QED) is 0.504. The number of rotatable bonds is 5. The van der Waals surface area contributed by atoms with Crippen molar-refractivity contribution in [3.05, 3.63) is 59.7 Å². The second-order valence-corrected chi connectivity index (χ2v) is 4.33. The number of oxime groups is 1. The fourth-order valence-corrected chi connectivity index (χ4v) is 2.15. The summed E-state index contributed by atoms with van der Waals surface area (Å²) in [5, 5.41) is 23.1. The van der Waals surface area contributed by atoms with Gasteiger partial charge in [0.2, 0.25) is 0 Å². The van der Waals surface area contributed by atoms with Gasteiger partial charge in [-0.2, -0.15) is 0 Å². The van der Waals surface area contributed by atoms with E-state index in [9.17, 15) is 10.3 Å². The summed E-state index contributed by atoms with van der Waals surface area (Å²) in [6.07, 6.45) is -1.14. The Morgan fingerprint density at radius 3 is 2.14 bits per heavy atom. The van der Waals surface area contributed by atoms with Gasteiger partial charge in [0.15, 0.2) is 0 Å². The van der Waals surface area contributed by atoms with Gasteiger partial charge in [-0.3, -0.25) is 0 Å². The summed E-state index contributed by atoms with van der Waals surface area (Å²) in [5.74, 6) is 1.03. The highest BCUT2D eigenvalue weighted by atomic mass is 16.5. The highest BCUT2D eigenvalue weighted by Gasteiger charge is 2.23. The minimum absolute atomic E-state index is 0.0944. The van der Waals surface area contributed by atoms with Crippen molar-refractivity contribution in [3.63, 3.8) is 0 Å². The number of aliphatic hydroxyl groups is 1. The average molecular weight is 287 g/mol. The number of nitrogens with zero attached hydrogens (tertiary/aromatic N) is 1. The number of hydrogen-bond acceptors (Lipinski definition) is 5. The molecule has 110 valence electrons. The van der Waals surface area contributed by atoms with Crippen molar-refractivity contribution < 1.29 is 19.8 Å². The number of para-hydroxylation sites is 2. The molecule has 0 spiro atoms. The van der Waals surface area contributed by atoms with E-state index in [4.69, 9.17) is 9.47 Å². The normalized spacial score (nSPS) is 12.8. The summed E-state index contributed by atoms with van der Waals surface area (Å²) in [4.78, 5) is 0. The topological polar surface area (TPSA) is 71.3 Å². The minimum Gasteiger partial charge on any atom is -0.496 e. The van der Waals surface area contributed by atoms with E-state index in [0.29, 0.717) is 22.6 Å². The zero-order valence-electron chi connectivity index (χ0n) is 11.9. The lowest BCUT2D eigenvalue weighted by Gasteiger charge is -2.17. The molecule has 5 nitrogen and oxygen atoms in total. The van der Waals surface area contributed by atoms with Gasteiger partial charge in [0.1, 0.15) is 23.3 Å². The number of benzene rings is 2. The van der Waals surface area contributed by atoms with Crippen LogP contribution < -0.4 is 9.47 Å². The predicted octanol–water partition coefficient (Wildman–Crippen LogP) is 2.62. The Morgan fingerprint density at radius 1 is 0.952 bits per heavy atom. The van der Waals surface area contributed by atoms with E-state index < -0.39 is 6.10 Å². The van der Waals surface area contributed by atoms with Crippen LogP contribution in [0.5, 0.6) is 11.5 Å². The smallest absolute Gasteiger partial charge is 0.129 e. The maximum absolute atomic E-state index is 10.5. The van der Waals surface area contributed by atoms with Crippen LogP contribution in [0.1, 0.15) is 17.2 Å². The van der Waals surface area contributed by atoms with Crippen LogP contribution in [0.25, 0.3) is 0 Å². The van der Waals surface area contributed by atoms with Crippen LogP contribution in [0.2, 0.25) is 0 Å². The van der Waals surface area contributed by atoms with Crippen LogP contribution in [-0.4, -0.2) is 30.2 Å². The van der Waals surface area contributed by atoms with Gasteiger partial charge in [-0.05, 0) is 18.2 Å². The lowest BCUT2D eigenvalue weighted by molar-refractivity contribution is 0.230. The third kappa shape index (κ3) is 2.98. The zero-order chi connectivity index (χ0) is 15.2. The summed E-state index contributed by atoms with van der Waals surface area (Å²) in [7, 11) is 3.04. The fourth-order valence-electron chi connectivity index (χ4n) is 2.15. The van der Waals surface area contributed by atoms with Gasteiger partial charge < -0.3 is 19.8 Å². The van der Waals surface area contributed by atoms with E-state index in [1.807, 2.05) is 0 Å². The molecule has 1 atom stereocenters. The molecule has 0 radical (unpaired) electrons. The van der Waals surface area contributed by atoms with Crippen LogP contribution in [-0.2, 0) is 0 Å². The second-order valence-electron chi connectivity index (χ2n) is 4.33. The highest BCUT2D eigenvalue weighted by Crippen LogP contribution is 2.30. The van der Waals surface area contributed by atoms with Crippen molar-refractivity contribution in [1.82, 2.24) is 0 Å². The van der Waals surface area contributed by atoms with Gasteiger partial charge in [0.05, 0.1) is 14.2 Å². The summed E-state index contributed by atoms with van der Waals surface area (Å²) in [6.45, 7) is 0. The molecule has 0 saturated heterocycles. The Kier molecular flexibility index (Phi) is 4.79. The molecule has 21 heavy (non-hydrogen) atoms. The van der Waals surface area contributed by atoms with Gasteiger partial charge in [-0.1, -0.05) is 35.5 Å². The number of hydrogen-bond donors (Lipinski definition) is 2. The van der Waals surface area contributed by atoms with Crippen molar-refractivity contribution in [3.8, 4) is 11.5 Å². The molecule has 0 aliphatic rings. The molecule has 2 N–H and O–H groups in total. The number of ether oxygens (including phenoxy) is 2. The molecule has 0 bridgehead atoms. The van der Waals surface area contributed by atoms with Gasteiger partial charge in [-0.15, -0.1) is 0 Å². The lowest BCUT2D eigenvalue weighted by atomic mass is 9.97. The Balaban J connectivity index is 2.47. The molecule has 0 heterocycles. The van der Waals surface area contributed by atoms with Crippen LogP contribution in [0.3, 0.4) is 0 Å². The van der Waals surface area contributed by atoms with E-state index in [1.54, 1.807) is 48.5 Å². The summed E-state index contributed by atoms with van der Waals surface area (Å²) in [6, 6.07) is 14.0. The zero-order valence-corrected chi connectivity index (χ0v) is 11.9. The molecule has 2 aromatic carbocycles. The largest absolute Gasteiger partial charge is 0.496 e. The standard InChI is InChI=1S/C16H17NO4/c1-20-13-9-5-3-7-11(13)15(17-19)16(18)12-8-4-6-10-14(12)21-2/h3-10,16,18-19H,1-2H3. The first-order valence-electron chi connectivity index (χ1n) is 6.39. The molecular weight excluding hydrogens is 270 g/mol. The molecule has 0 aliphatic heterocycles. The SMILES string of the molecule is COc1ccccc1C(=NO)C(O)c1ccccc1OC. The van der Waals surface area contributed by atoms with Crippen molar-refractivity contribution in [1.29, 1.82) is 0 Å². The molecule has 2 aromatic rings. The number of methoxy groups -OCH3 is 2. The van der Waals surface area contributed by atoms with Crippen LogP contribution in [0, 0.1) is 0 Å².